The molecule has 0 aromatic heterocycles. The van der Waals surface area contributed by atoms with Crippen molar-refractivity contribution in [3.05, 3.63) is 120 Å². The third-order valence-corrected chi connectivity index (χ3v) is 20.4. The summed E-state index contributed by atoms with van der Waals surface area (Å²) in [6.07, 6.45) is 13.4. The van der Waals surface area contributed by atoms with Crippen LogP contribution in [-0.4, -0.2) is 53.1 Å². The SMILES string of the molecule is C=C1C[C@H]2C/C=C/C(C#N)(O[Si](C)(C)C(C)(C)C)C/C(C)=C\C=C\C(=O)O[C@@H](CO[Si](c3ccccc3)(c3ccccc3)C(C)(C)C)C/C(C)=C/[C@@H](C1)O2. The van der Waals surface area contributed by atoms with Crippen molar-refractivity contribution in [2.24, 2.45) is 0 Å². The number of benzene rings is 2. The van der Waals surface area contributed by atoms with Gasteiger partial charge in [0.05, 0.1) is 18.8 Å². The first-order chi connectivity index (χ1) is 25.3. The number of fused-ring (bicyclic) bond motifs is 2. The van der Waals surface area contributed by atoms with Gasteiger partial charge in [-0.05, 0) is 72.7 Å². The van der Waals surface area contributed by atoms with Crippen LogP contribution in [0, 0.1) is 11.3 Å². The molecule has 0 amide bonds. The second kappa shape index (κ2) is 17.9. The first kappa shape index (κ1) is 43.1. The number of carbonyl (C=O) groups excluding carboxylic acids is 1. The number of nitriles is 1. The maximum Gasteiger partial charge on any atom is 0.331 e. The van der Waals surface area contributed by atoms with Crippen LogP contribution in [0.15, 0.2) is 120 Å². The van der Waals surface area contributed by atoms with E-state index in [-0.39, 0.29) is 28.9 Å². The van der Waals surface area contributed by atoms with E-state index in [4.69, 9.17) is 18.3 Å². The molecule has 0 N–H and O–H groups in total. The van der Waals surface area contributed by atoms with Crippen LogP contribution in [0.2, 0.25) is 23.2 Å². The normalized spacial score (nSPS) is 27.2. The molecule has 4 rings (SSSR count). The fraction of sp³-hybridized carbons (Fsp3) is 0.478. The monoisotopic (exact) mass is 765 g/mol. The second-order valence-electron chi connectivity index (χ2n) is 17.8. The number of nitrogens with zero attached hydrogens (tertiary/aromatic N) is 1. The zero-order valence-corrected chi connectivity index (χ0v) is 36.4. The van der Waals surface area contributed by atoms with Gasteiger partial charge in [-0.1, -0.05) is 150 Å². The molecular weight excluding hydrogens is 703 g/mol. The van der Waals surface area contributed by atoms with Crippen molar-refractivity contribution in [1.82, 2.24) is 0 Å². The fourth-order valence-corrected chi connectivity index (χ4v) is 13.3. The van der Waals surface area contributed by atoms with Gasteiger partial charge in [0.15, 0.2) is 13.9 Å². The van der Waals surface area contributed by atoms with Crippen LogP contribution >= 0.6 is 0 Å². The van der Waals surface area contributed by atoms with E-state index in [1.54, 1.807) is 6.08 Å². The molecule has 0 radical (unpaired) electrons. The molecule has 4 atom stereocenters. The molecule has 2 aromatic rings. The van der Waals surface area contributed by atoms with E-state index in [9.17, 15) is 10.1 Å². The second-order valence-corrected chi connectivity index (χ2v) is 26.8. The van der Waals surface area contributed by atoms with E-state index in [0.29, 0.717) is 19.3 Å². The Bertz CT molecular complexity index is 1720. The van der Waals surface area contributed by atoms with Crippen LogP contribution in [0.3, 0.4) is 0 Å². The topological polar surface area (TPSA) is 77.8 Å². The summed E-state index contributed by atoms with van der Waals surface area (Å²) in [4.78, 5) is 13.5. The highest BCUT2D eigenvalue weighted by Crippen LogP contribution is 2.41. The molecule has 1 unspecified atom stereocenters. The Morgan fingerprint density at radius 3 is 2.07 bits per heavy atom. The van der Waals surface area contributed by atoms with Gasteiger partial charge in [0.1, 0.15) is 12.2 Å². The summed E-state index contributed by atoms with van der Waals surface area (Å²) in [6.45, 7) is 26.2. The third-order valence-electron chi connectivity index (χ3n) is 11.0. The molecule has 0 spiro atoms. The first-order valence-corrected chi connectivity index (χ1v) is 24.2. The number of allylic oxidation sites excluding steroid dienone is 2. The van der Waals surface area contributed by atoms with E-state index in [1.807, 2.05) is 31.2 Å². The van der Waals surface area contributed by atoms with Gasteiger partial charge in [0.25, 0.3) is 8.32 Å². The number of hydrogen-bond acceptors (Lipinski definition) is 6. The van der Waals surface area contributed by atoms with E-state index >= 15 is 0 Å². The van der Waals surface area contributed by atoms with Crippen molar-refractivity contribution < 1.29 is 23.1 Å². The smallest absolute Gasteiger partial charge is 0.331 e. The van der Waals surface area contributed by atoms with Crippen molar-refractivity contribution in [3.8, 4) is 6.07 Å². The third kappa shape index (κ3) is 11.0. The van der Waals surface area contributed by atoms with Gasteiger partial charge < -0.3 is 18.3 Å². The van der Waals surface area contributed by atoms with E-state index in [0.717, 1.165) is 29.6 Å². The molecular formula is C46H63NO5Si2. The minimum atomic E-state index is -2.89. The molecule has 1 fully saturated rings. The van der Waals surface area contributed by atoms with E-state index < -0.39 is 34.3 Å². The summed E-state index contributed by atoms with van der Waals surface area (Å²) >= 11 is 0. The van der Waals surface area contributed by atoms with Crippen LogP contribution in [0.25, 0.3) is 0 Å². The van der Waals surface area contributed by atoms with Crippen LogP contribution in [-0.2, 0) is 23.1 Å². The highest BCUT2D eigenvalue weighted by Gasteiger charge is 2.50. The number of hydrogen-bond donors (Lipinski definition) is 0. The van der Waals surface area contributed by atoms with Gasteiger partial charge in [0, 0.05) is 18.9 Å². The van der Waals surface area contributed by atoms with Gasteiger partial charge in [0.2, 0.25) is 0 Å². The molecule has 0 aliphatic carbocycles. The minimum Gasteiger partial charge on any atom is -0.456 e. The van der Waals surface area contributed by atoms with Crippen LogP contribution in [0.4, 0.5) is 0 Å². The van der Waals surface area contributed by atoms with Gasteiger partial charge >= 0.3 is 5.97 Å². The zero-order chi connectivity index (χ0) is 39.8. The molecule has 290 valence electrons. The lowest BCUT2D eigenvalue weighted by Gasteiger charge is -2.43. The van der Waals surface area contributed by atoms with Crippen molar-refractivity contribution in [2.45, 2.75) is 135 Å². The summed E-state index contributed by atoms with van der Waals surface area (Å²) in [5, 5.41) is 12.7. The number of rotatable bonds is 7. The Hall–Kier alpha value is -3.59. The highest BCUT2D eigenvalue weighted by molar-refractivity contribution is 6.99. The lowest BCUT2D eigenvalue weighted by atomic mass is 9.93. The molecule has 2 aromatic carbocycles. The Morgan fingerprint density at radius 1 is 0.907 bits per heavy atom. The lowest BCUT2D eigenvalue weighted by molar-refractivity contribution is -0.144. The summed E-state index contributed by atoms with van der Waals surface area (Å²) in [7, 11) is -5.23. The van der Waals surface area contributed by atoms with Crippen molar-refractivity contribution in [2.75, 3.05) is 6.61 Å². The van der Waals surface area contributed by atoms with Crippen LogP contribution < -0.4 is 10.4 Å². The average molecular weight is 766 g/mol. The molecule has 6 nitrogen and oxygen atoms in total. The molecule has 2 aliphatic rings. The quantitative estimate of drug-likeness (QED) is 0.159. The van der Waals surface area contributed by atoms with Gasteiger partial charge in [-0.2, -0.15) is 5.26 Å². The van der Waals surface area contributed by atoms with Gasteiger partial charge in [-0.15, -0.1) is 0 Å². The summed E-state index contributed by atoms with van der Waals surface area (Å²) in [5.74, 6) is -0.449. The number of ether oxygens (including phenoxy) is 2. The number of carbonyl (C=O) groups is 1. The Kier molecular flexibility index (Phi) is 14.3. The summed E-state index contributed by atoms with van der Waals surface area (Å²) < 4.78 is 27.0. The number of esters is 1. The van der Waals surface area contributed by atoms with Gasteiger partial charge in [-0.25, -0.2) is 4.79 Å². The predicted molar refractivity (Wildman–Crippen MR) is 227 cm³/mol. The van der Waals surface area contributed by atoms with E-state index in [1.165, 1.54) is 16.4 Å². The minimum absolute atomic E-state index is 0.0774. The summed E-state index contributed by atoms with van der Waals surface area (Å²) in [5.41, 5.74) is 1.95. The average Bonchev–Trinajstić information content (AvgIpc) is 3.07. The Labute approximate surface area is 327 Å². The predicted octanol–water partition coefficient (Wildman–Crippen LogP) is 10.1. The number of cyclic esters (lactones) is 1. The fourth-order valence-electron chi connectivity index (χ4n) is 7.34. The molecule has 2 aliphatic heterocycles. The first-order valence-electron chi connectivity index (χ1n) is 19.4. The van der Waals surface area contributed by atoms with Crippen molar-refractivity contribution in [1.29, 1.82) is 5.26 Å². The Morgan fingerprint density at radius 2 is 1.52 bits per heavy atom. The molecule has 8 heteroatoms. The maximum atomic E-state index is 13.5. The van der Waals surface area contributed by atoms with Gasteiger partial charge in [-0.3, -0.25) is 0 Å². The summed E-state index contributed by atoms with van der Waals surface area (Å²) in [6, 6.07) is 23.5. The molecule has 54 heavy (non-hydrogen) atoms. The van der Waals surface area contributed by atoms with Crippen LogP contribution in [0.5, 0.6) is 0 Å². The maximum absolute atomic E-state index is 13.5. The molecule has 2 heterocycles. The molecule has 1 saturated heterocycles. The standard InChI is InChI=1S/C46H63NO5Si2/c1-35-20-18-26-43(48)51-40(33-49-54(45(7,8)9,41-22-14-12-15-23-41)42-24-16-13-17-25-42)31-37(3)30-39-29-36(2)28-38(50-39)21-19-27-46(32-35,34-47)52-53(10,11)44(4,5)6/h12-20,22-27,30,38-40H,2,21,28-29,31-33H2,1,3-11H3/b26-18+,27-19+,35-20-,37-30+/t38-,39-,40-,46?/m1/s1. The van der Waals surface area contributed by atoms with Crippen LogP contribution in [0.1, 0.15) is 87.5 Å². The molecule has 2 bridgehead atoms. The highest BCUT2D eigenvalue weighted by atomic mass is 28.4. The van der Waals surface area contributed by atoms with Crippen molar-refractivity contribution in [3.63, 3.8) is 0 Å². The molecule has 0 saturated carbocycles. The van der Waals surface area contributed by atoms with Crippen molar-refractivity contribution >= 4 is 33.0 Å². The largest absolute Gasteiger partial charge is 0.456 e. The lowest BCUT2D eigenvalue weighted by Crippen LogP contribution is -2.67. The van der Waals surface area contributed by atoms with E-state index in [2.05, 4.69) is 135 Å². The Balaban J connectivity index is 1.73. The zero-order valence-electron chi connectivity index (χ0n) is 34.4.